The molecule has 1 aromatic rings. The van der Waals surface area contributed by atoms with Crippen LogP contribution in [0.3, 0.4) is 0 Å². The van der Waals surface area contributed by atoms with E-state index in [1.165, 1.54) is 0 Å². The molecule has 0 radical (unpaired) electrons. The fraction of sp³-hybridized carbons (Fsp3) is 0.714. The van der Waals surface area contributed by atoms with Gasteiger partial charge in [-0.25, -0.2) is 0 Å². The first kappa shape index (κ1) is 15.7. The Morgan fingerprint density at radius 1 is 1.47 bits per heavy atom. The second-order valence-electron chi connectivity index (χ2n) is 5.14. The van der Waals surface area contributed by atoms with Gasteiger partial charge in [-0.3, -0.25) is 9.89 Å². The minimum absolute atomic E-state index is 0.0350. The predicted octanol–water partition coefficient (Wildman–Crippen LogP) is 1.80. The Kier molecular flexibility index (Phi) is 6.02. The first-order valence-corrected chi connectivity index (χ1v) is 6.91. The summed E-state index contributed by atoms with van der Waals surface area (Å²) in [6, 6.07) is 0.0660. The number of rotatable bonds is 7. The smallest absolute Gasteiger partial charge is 0.220 e. The van der Waals surface area contributed by atoms with E-state index in [1.54, 1.807) is 0 Å². The van der Waals surface area contributed by atoms with Crippen LogP contribution in [0, 0.1) is 13.8 Å². The summed E-state index contributed by atoms with van der Waals surface area (Å²) in [5, 5.41) is 19.0. The van der Waals surface area contributed by atoms with Crippen LogP contribution >= 0.6 is 0 Å². The van der Waals surface area contributed by atoms with E-state index in [0.717, 1.165) is 23.4 Å². The van der Waals surface area contributed by atoms with Crippen molar-refractivity contribution in [1.82, 2.24) is 15.5 Å². The van der Waals surface area contributed by atoms with Gasteiger partial charge in [0.05, 0.1) is 5.69 Å². The summed E-state index contributed by atoms with van der Waals surface area (Å²) < 4.78 is 0. The van der Waals surface area contributed by atoms with E-state index in [4.69, 9.17) is 5.11 Å². The number of aliphatic hydroxyl groups is 1. The van der Waals surface area contributed by atoms with Crippen LogP contribution in [0.1, 0.15) is 56.0 Å². The van der Waals surface area contributed by atoms with Crippen LogP contribution in [0.2, 0.25) is 0 Å². The third-order valence-corrected chi connectivity index (χ3v) is 3.50. The Labute approximate surface area is 114 Å². The number of H-pyrrole nitrogens is 1. The van der Waals surface area contributed by atoms with Gasteiger partial charge in [-0.05, 0) is 38.2 Å². The number of carbonyl (C=O) groups is 1. The molecule has 19 heavy (non-hydrogen) atoms. The Hall–Kier alpha value is -1.36. The number of nitrogens with zero attached hydrogens (tertiary/aromatic N) is 1. The fourth-order valence-corrected chi connectivity index (χ4v) is 2.49. The lowest BCUT2D eigenvalue weighted by molar-refractivity contribution is -0.122. The minimum Gasteiger partial charge on any atom is -0.396 e. The Bertz CT molecular complexity index is 395. The minimum atomic E-state index is 0.0350. The van der Waals surface area contributed by atoms with Crippen molar-refractivity contribution < 1.29 is 9.90 Å². The van der Waals surface area contributed by atoms with Gasteiger partial charge in [-0.2, -0.15) is 5.10 Å². The highest BCUT2D eigenvalue weighted by molar-refractivity contribution is 5.77. The topological polar surface area (TPSA) is 78.0 Å². The standard InChI is InChI=1S/C14H25N3O2/c1-5-12(6-7-18)15-13(19)8-9(2)14-10(3)16-17-11(14)4/h9,12,18H,5-8H2,1-4H3,(H,15,19)(H,16,17). The first-order chi connectivity index (χ1) is 8.99. The number of amides is 1. The number of hydrogen-bond donors (Lipinski definition) is 3. The van der Waals surface area contributed by atoms with Gasteiger partial charge >= 0.3 is 0 Å². The van der Waals surface area contributed by atoms with Gasteiger partial charge < -0.3 is 10.4 Å². The first-order valence-electron chi connectivity index (χ1n) is 6.91. The molecule has 0 aliphatic carbocycles. The molecule has 5 nitrogen and oxygen atoms in total. The summed E-state index contributed by atoms with van der Waals surface area (Å²) in [6.45, 7) is 8.08. The van der Waals surface area contributed by atoms with Gasteiger partial charge in [0.25, 0.3) is 0 Å². The zero-order valence-electron chi connectivity index (χ0n) is 12.3. The molecule has 2 unspecified atom stereocenters. The van der Waals surface area contributed by atoms with Crippen molar-refractivity contribution in [3.8, 4) is 0 Å². The molecule has 1 rings (SSSR count). The summed E-state index contributed by atoms with van der Waals surface area (Å²) >= 11 is 0. The molecule has 5 heteroatoms. The van der Waals surface area contributed by atoms with E-state index in [9.17, 15) is 4.79 Å². The molecule has 0 fully saturated rings. The molecule has 0 bridgehead atoms. The van der Waals surface area contributed by atoms with Crippen LogP contribution in [-0.2, 0) is 4.79 Å². The van der Waals surface area contributed by atoms with E-state index in [-0.39, 0.29) is 24.5 Å². The van der Waals surface area contributed by atoms with Crippen LogP contribution in [0.15, 0.2) is 0 Å². The van der Waals surface area contributed by atoms with Crippen molar-refractivity contribution in [2.75, 3.05) is 6.61 Å². The molecule has 0 aliphatic rings. The van der Waals surface area contributed by atoms with Crippen molar-refractivity contribution in [1.29, 1.82) is 0 Å². The molecule has 1 heterocycles. The van der Waals surface area contributed by atoms with E-state index < -0.39 is 0 Å². The molecular weight excluding hydrogens is 242 g/mol. The number of aromatic amines is 1. The van der Waals surface area contributed by atoms with Gasteiger partial charge in [-0.1, -0.05) is 13.8 Å². The van der Waals surface area contributed by atoms with Gasteiger partial charge in [0, 0.05) is 24.8 Å². The Morgan fingerprint density at radius 2 is 2.16 bits per heavy atom. The molecule has 3 N–H and O–H groups in total. The summed E-state index contributed by atoms with van der Waals surface area (Å²) in [7, 11) is 0. The molecule has 1 amide bonds. The van der Waals surface area contributed by atoms with Gasteiger partial charge in [0.15, 0.2) is 0 Å². The molecule has 108 valence electrons. The fourth-order valence-electron chi connectivity index (χ4n) is 2.49. The predicted molar refractivity (Wildman–Crippen MR) is 75.0 cm³/mol. The summed E-state index contributed by atoms with van der Waals surface area (Å²) in [4.78, 5) is 12.0. The van der Waals surface area contributed by atoms with Crippen LogP contribution in [0.25, 0.3) is 0 Å². The normalized spacial score (nSPS) is 14.2. The van der Waals surface area contributed by atoms with Crippen LogP contribution in [0.5, 0.6) is 0 Å². The Morgan fingerprint density at radius 3 is 2.63 bits per heavy atom. The van der Waals surface area contributed by atoms with Crippen molar-refractivity contribution in [3.63, 3.8) is 0 Å². The quantitative estimate of drug-likeness (QED) is 0.705. The maximum absolute atomic E-state index is 12.0. The van der Waals surface area contributed by atoms with E-state index in [0.29, 0.717) is 12.8 Å². The van der Waals surface area contributed by atoms with Gasteiger partial charge in [0.1, 0.15) is 0 Å². The van der Waals surface area contributed by atoms with Crippen molar-refractivity contribution in [3.05, 3.63) is 17.0 Å². The second kappa shape index (κ2) is 7.28. The van der Waals surface area contributed by atoms with Crippen molar-refractivity contribution >= 4 is 5.91 Å². The number of aryl methyl sites for hydroxylation is 2. The highest BCUT2D eigenvalue weighted by Gasteiger charge is 2.18. The lowest BCUT2D eigenvalue weighted by Crippen LogP contribution is -2.35. The maximum atomic E-state index is 12.0. The number of aliphatic hydroxyl groups excluding tert-OH is 1. The second-order valence-corrected chi connectivity index (χ2v) is 5.14. The number of carbonyl (C=O) groups excluding carboxylic acids is 1. The summed E-state index contributed by atoms with van der Waals surface area (Å²) in [5.74, 6) is 0.179. The molecule has 0 saturated carbocycles. The number of aromatic nitrogens is 2. The number of hydrogen-bond acceptors (Lipinski definition) is 3. The average molecular weight is 267 g/mol. The van der Waals surface area contributed by atoms with Crippen LogP contribution in [0.4, 0.5) is 0 Å². The van der Waals surface area contributed by atoms with Crippen molar-refractivity contribution in [2.45, 2.75) is 58.9 Å². The van der Waals surface area contributed by atoms with Gasteiger partial charge in [-0.15, -0.1) is 0 Å². The monoisotopic (exact) mass is 267 g/mol. The zero-order valence-corrected chi connectivity index (χ0v) is 12.3. The summed E-state index contributed by atoms with van der Waals surface area (Å²) in [6.07, 6.45) is 1.90. The van der Waals surface area contributed by atoms with Crippen LogP contribution in [-0.4, -0.2) is 33.9 Å². The molecule has 0 aromatic carbocycles. The zero-order chi connectivity index (χ0) is 14.4. The lowest BCUT2D eigenvalue weighted by Gasteiger charge is -2.18. The molecular formula is C14H25N3O2. The molecule has 0 spiro atoms. The van der Waals surface area contributed by atoms with E-state index in [2.05, 4.69) is 15.5 Å². The molecule has 0 saturated heterocycles. The lowest BCUT2D eigenvalue weighted by atomic mass is 9.95. The molecule has 1 aromatic heterocycles. The maximum Gasteiger partial charge on any atom is 0.220 e. The molecule has 2 atom stereocenters. The number of nitrogens with one attached hydrogen (secondary N) is 2. The summed E-state index contributed by atoms with van der Waals surface area (Å²) in [5.41, 5.74) is 3.12. The van der Waals surface area contributed by atoms with Crippen LogP contribution < -0.4 is 5.32 Å². The average Bonchev–Trinajstić information content (AvgIpc) is 2.68. The third-order valence-electron chi connectivity index (χ3n) is 3.50. The van der Waals surface area contributed by atoms with E-state index >= 15 is 0 Å². The largest absolute Gasteiger partial charge is 0.396 e. The highest BCUT2D eigenvalue weighted by Crippen LogP contribution is 2.24. The van der Waals surface area contributed by atoms with Gasteiger partial charge in [0.2, 0.25) is 5.91 Å². The van der Waals surface area contributed by atoms with E-state index in [1.807, 2.05) is 27.7 Å². The SMILES string of the molecule is CCC(CCO)NC(=O)CC(C)c1c(C)n[nH]c1C. The third kappa shape index (κ3) is 4.35. The Balaban J connectivity index is 2.57. The molecule has 0 aliphatic heterocycles. The van der Waals surface area contributed by atoms with Crippen molar-refractivity contribution in [2.24, 2.45) is 0 Å². The highest BCUT2D eigenvalue weighted by atomic mass is 16.3.